The number of nitrogens with zero attached hydrogens (tertiary/aromatic N) is 1. The summed E-state index contributed by atoms with van der Waals surface area (Å²) in [6, 6.07) is 0.710. The summed E-state index contributed by atoms with van der Waals surface area (Å²) in [7, 11) is 2.13. The van der Waals surface area contributed by atoms with Gasteiger partial charge in [-0.15, -0.1) is 0 Å². The molecule has 0 unspecified atom stereocenters. The molecule has 1 heterocycles. The van der Waals surface area contributed by atoms with Crippen molar-refractivity contribution in [1.29, 1.82) is 0 Å². The van der Waals surface area contributed by atoms with Crippen LogP contribution in [-0.4, -0.2) is 37.6 Å². The topological polar surface area (TPSA) is 15.3 Å². The van der Waals surface area contributed by atoms with Crippen molar-refractivity contribution in [3.63, 3.8) is 0 Å². The van der Waals surface area contributed by atoms with Gasteiger partial charge in [0.05, 0.1) is 0 Å². The molecular formula is C8H15ClN2. The van der Waals surface area contributed by atoms with Crippen molar-refractivity contribution < 1.29 is 0 Å². The highest BCUT2D eigenvalue weighted by molar-refractivity contribution is 6.25. The van der Waals surface area contributed by atoms with E-state index in [0.717, 1.165) is 19.6 Å². The molecule has 64 valence electrons. The largest absolute Gasteiger partial charge is 0.314 e. The predicted octanol–water partition coefficient (Wildman–Crippen LogP) is 1.03. The number of rotatable bonds is 3. The van der Waals surface area contributed by atoms with Gasteiger partial charge in [-0.05, 0) is 19.5 Å². The lowest BCUT2D eigenvalue weighted by Gasteiger charge is -2.35. The molecule has 0 aliphatic carbocycles. The van der Waals surface area contributed by atoms with Crippen LogP contribution in [0.25, 0.3) is 0 Å². The molecule has 1 aliphatic rings. The highest BCUT2D eigenvalue weighted by Gasteiger charge is 2.20. The SMILES string of the molecule is C/C(=C\Cl)CN(C)C1CNC1. The highest BCUT2D eigenvalue weighted by atomic mass is 35.5. The Morgan fingerprint density at radius 3 is 2.73 bits per heavy atom. The van der Waals surface area contributed by atoms with E-state index in [1.807, 2.05) is 0 Å². The Morgan fingerprint density at radius 1 is 1.73 bits per heavy atom. The van der Waals surface area contributed by atoms with Gasteiger partial charge in [-0.25, -0.2) is 0 Å². The minimum Gasteiger partial charge on any atom is -0.314 e. The van der Waals surface area contributed by atoms with E-state index < -0.39 is 0 Å². The molecule has 11 heavy (non-hydrogen) atoms. The molecular weight excluding hydrogens is 160 g/mol. The van der Waals surface area contributed by atoms with Gasteiger partial charge in [0.25, 0.3) is 0 Å². The predicted molar refractivity (Wildman–Crippen MR) is 48.9 cm³/mol. The van der Waals surface area contributed by atoms with E-state index in [1.165, 1.54) is 5.57 Å². The fraction of sp³-hybridized carbons (Fsp3) is 0.750. The smallest absolute Gasteiger partial charge is 0.0345 e. The van der Waals surface area contributed by atoms with E-state index in [0.29, 0.717) is 6.04 Å². The maximum absolute atomic E-state index is 5.56. The third-order valence-corrected chi connectivity index (χ3v) is 2.44. The molecule has 0 atom stereocenters. The van der Waals surface area contributed by atoms with Gasteiger partial charge < -0.3 is 5.32 Å². The van der Waals surface area contributed by atoms with E-state index in [9.17, 15) is 0 Å². The standard InChI is InChI=1S/C8H15ClN2/c1-7(3-9)6-11(2)8-4-10-5-8/h3,8,10H,4-6H2,1-2H3/b7-3+. The van der Waals surface area contributed by atoms with E-state index in [-0.39, 0.29) is 0 Å². The third kappa shape index (κ3) is 2.47. The van der Waals surface area contributed by atoms with Crippen LogP contribution in [0.4, 0.5) is 0 Å². The van der Waals surface area contributed by atoms with Crippen molar-refractivity contribution in [3.8, 4) is 0 Å². The first kappa shape index (κ1) is 9.04. The van der Waals surface area contributed by atoms with Gasteiger partial charge in [-0.2, -0.15) is 0 Å². The summed E-state index contributed by atoms with van der Waals surface area (Å²) in [6.45, 7) is 5.27. The lowest BCUT2D eigenvalue weighted by molar-refractivity contribution is 0.193. The Labute approximate surface area is 73.2 Å². The van der Waals surface area contributed by atoms with Gasteiger partial charge in [-0.3, -0.25) is 4.90 Å². The van der Waals surface area contributed by atoms with Crippen LogP contribution in [0.15, 0.2) is 11.1 Å². The van der Waals surface area contributed by atoms with E-state index in [2.05, 4.69) is 24.2 Å². The maximum Gasteiger partial charge on any atom is 0.0345 e. The second-order valence-electron chi connectivity index (χ2n) is 3.18. The molecule has 1 rings (SSSR count). The number of hydrogen-bond acceptors (Lipinski definition) is 2. The van der Waals surface area contributed by atoms with Crippen molar-refractivity contribution in [3.05, 3.63) is 11.1 Å². The molecule has 3 heteroatoms. The zero-order valence-electron chi connectivity index (χ0n) is 7.10. The van der Waals surface area contributed by atoms with Crippen molar-refractivity contribution in [2.45, 2.75) is 13.0 Å². The average Bonchev–Trinajstić information content (AvgIpc) is 1.83. The van der Waals surface area contributed by atoms with E-state index in [1.54, 1.807) is 5.54 Å². The van der Waals surface area contributed by atoms with Crippen LogP contribution in [0, 0.1) is 0 Å². The lowest BCUT2D eigenvalue weighted by Crippen LogP contribution is -2.56. The van der Waals surface area contributed by atoms with Gasteiger partial charge in [0, 0.05) is 31.2 Å². The molecule has 0 aromatic heterocycles. The Kier molecular flexibility index (Phi) is 3.37. The molecule has 0 spiro atoms. The number of hydrogen-bond donors (Lipinski definition) is 1. The lowest BCUT2D eigenvalue weighted by atomic mass is 10.1. The van der Waals surface area contributed by atoms with Crippen LogP contribution in [-0.2, 0) is 0 Å². The minimum absolute atomic E-state index is 0.710. The molecule has 0 saturated carbocycles. The summed E-state index contributed by atoms with van der Waals surface area (Å²) in [5.41, 5.74) is 2.88. The molecule has 2 nitrogen and oxygen atoms in total. The molecule has 1 fully saturated rings. The summed E-state index contributed by atoms with van der Waals surface area (Å²) in [5, 5.41) is 3.24. The molecule has 0 amide bonds. The first-order valence-electron chi connectivity index (χ1n) is 3.91. The van der Waals surface area contributed by atoms with Gasteiger partial charge >= 0.3 is 0 Å². The molecule has 1 aliphatic heterocycles. The summed E-state index contributed by atoms with van der Waals surface area (Å²) in [4.78, 5) is 2.32. The summed E-state index contributed by atoms with van der Waals surface area (Å²) in [6.07, 6.45) is 0. The third-order valence-electron chi connectivity index (χ3n) is 2.07. The molecule has 0 aromatic carbocycles. The van der Waals surface area contributed by atoms with Gasteiger partial charge in [0.2, 0.25) is 0 Å². The Hall–Kier alpha value is -0.0500. The van der Waals surface area contributed by atoms with Crippen molar-refractivity contribution in [2.24, 2.45) is 0 Å². The van der Waals surface area contributed by atoms with Crippen LogP contribution in [0.2, 0.25) is 0 Å². The monoisotopic (exact) mass is 174 g/mol. The van der Waals surface area contributed by atoms with E-state index in [4.69, 9.17) is 11.6 Å². The summed E-state index contributed by atoms with van der Waals surface area (Å²) < 4.78 is 0. The second kappa shape index (κ2) is 4.10. The van der Waals surface area contributed by atoms with Crippen molar-refractivity contribution >= 4 is 11.6 Å². The molecule has 1 N–H and O–H groups in total. The number of halogens is 1. The van der Waals surface area contributed by atoms with Gasteiger partial charge in [0.1, 0.15) is 0 Å². The Morgan fingerprint density at radius 2 is 2.36 bits per heavy atom. The summed E-state index contributed by atoms with van der Waals surface area (Å²) in [5.74, 6) is 0. The van der Waals surface area contributed by atoms with Gasteiger partial charge in [-0.1, -0.05) is 11.6 Å². The molecule has 0 aromatic rings. The first-order chi connectivity index (χ1) is 5.24. The zero-order chi connectivity index (χ0) is 8.27. The molecule has 0 bridgehead atoms. The summed E-state index contributed by atoms with van der Waals surface area (Å²) >= 11 is 5.56. The zero-order valence-corrected chi connectivity index (χ0v) is 7.86. The fourth-order valence-electron chi connectivity index (χ4n) is 1.14. The Balaban J connectivity index is 2.24. The fourth-order valence-corrected chi connectivity index (χ4v) is 1.21. The van der Waals surface area contributed by atoms with Gasteiger partial charge in [0.15, 0.2) is 0 Å². The van der Waals surface area contributed by atoms with Crippen LogP contribution < -0.4 is 5.32 Å². The van der Waals surface area contributed by atoms with Crippen molar-refractivity contribution in [2.75, 3.05) is 26.7 Å². The number of likely N-dealkylation sites (N-methyl/N-ethyl adjacent to an activating group) is 1. The number of nitrogens with one attached hydrogen (secondary N) is 1. The van der Waals surface area contributed by atoms with Crippen LogP contribution >= 0.6 is 11.6 Å². The van der Waals surface area contributed by atoms with Crippen LogP contribution in [0.5, 0.6) is 0 Å². The second-order valence-corrected chi connectivity index (χ2v) is 3.40. The molecule has 1 saturated heterocycles. The normalized spacial score (nSPS) is 20.5. The maximum atomic E-state index is 5.56. The van der Waals surface area contributed by atoms with Crippen molar-refractivity contribution in [1.82, 2.24) is 10.2 Å². The van der Waals surface area contributed by atoms with Crippen LogP contribution in [0.1, 0.15) is 6.92 Å². The quantitative estimate of drug-likeness (QED) is 0.688. The average molecular weight is 175 g/mol. The van der Waals surface area contributed by atoms with E-state index >= 15 is 0 Å². The molecule has 0 radical (unpaired) electrons. The highest BCUT2D eigenvalue weighted by Crippen LogP contribution is 2.05. The Bertz CT molecular complexity index is 152. The van der Waals surface area contributed by atoms with Crippen LogP contribution in [0.3, 0.4) is 0 Å². The first-order valence-corrected chi connectivity index (χ1v) is 4.34. The minimum atomic E-state index is 0.710.